The molecule has 2 aromatic rings. The van der Waals surface area contributed by atoms with Crippen LogP contribution in [0.1, 0.15) is 28.9 Å². The summed E-state index contributed by atoms with van der Waals surface area (Å²) in [6.07, 6.45) is 4.08. The Balaban J connectivity index is 1.48. The molecule has 1 saturated heterocycles. The highest BCUT2D eigenvalue weighted by molar-refractivity contribution is 5.98. The molecule has 1 saturated carbocycles. The Hall–Kier alpha value is -2.41. The standard InChI is InChI=1S/C18H22N6O/c1-23-6-8-24(9-7-23)17-19-5-2-13(22-17)14-10-12-15(21-14)18(3-4-18)11-20-16(12)25/h2,5,10,21H,3-4,6-9,11H2,1H3,(H,20,25). The maximum absolute atomic E-state index is 12.2. The highest BCUT2D eigenvalue weighted by atomic mass is 16.1. The molecule has 0 radical (unpaired) electrons. The number of fused-ring (bicyclic) bond motifs is 2. The Morgan fingerprint density at radius 2 is 2.00 bits per heavy atom. The molecule has 3 aliphatic rings. The molecule has 1 amide bonds. The van der Waals surface area contributed by atoms with Gasteiger partial charge in [-0.25, -0.2) is 9.97 Å². The molecule has 5 rings (SSSR count). The van der Waals surface area contributed by atoms with Crippen molar-refractivity contribution in [2.24, 2.45) is 0 Å². The molecule has 0 unspecified atom stereocenters. The number of aromatic amines is 1. The molecule has 2 fully saturated rings. The smallest absolute Gasteiger partial charge is 0.253 e. The molecular formula is C18H22N6O. The number of rotatable bonds is 2. The van der Waals surface area contributed by atoms with Crippen LogP contribution in [-0.2, 0) is 5.41 Å². The first kappa shape index (κ1) is 14.9. The van der Waals surface area contributed by atoms with Gasteiger partial charge in [0.25, 0.3) is 5.91 Å². The van der Waals surface area contributed by atoms with Crippen molar-refractivity contribution in [2.75, 3.05) is 44.7 Å². The second kappa shape index (κ2) is 5.29. The number of hydrogen-bond acceptors (Lipinski definition) is 5. The van der Waals surface area contributed by atoms with E-state index in [1.165, 1.54) is 0 Å². The van der Waals surface area contributed by atoms with Crippen LogP contribution in [0, 0.1) is 0 Å². The van der Waals surface area contributed by atoms with Crippen LogP contribution in [0.2, 0.25) is 0 Å². The molecule has 2 N–H and O–H groups in total. The summed E-state index contributed by atoms with van der Waals surface area (Å²) in [4.78, 5) is 29.5. The summed E-state index contributed by atoms with van der Waals surface area (Å²) in [6.45, 7) is 4.66. The van der Waals surface area contributed by atoms with Crippen LogP contribution in [0.5, 0.6) is 0 Å². The summed E-state index contributed by atoms with van der Waals surface area (Å²) < 4.78 is 0. The van der Waals surface area contributed by atoms with Gasteiger partial charge in [-0.3, -0.25) is 4.79 Å². The molecule has 130 valence electrons. The fourth-order valence-corrected chi connectivity index (χ4v) is 3.86. The Bertz CT molecular complexity index is 832. The third kappa shape index (κ3) is 2.41. The minimum atomic E-state index is 0.0170. The summed E-state index contributed by atoms with van der Waals surface area (Å²) >= 11 is 0. The number of nitrogens with one attached hydrogen (secondary N) is 2. The van der Waals surface area contributed by atoms with Crippen LogP contribution in [0.15, 0.2) is 18.3 Å². The highest BCUT2D eigenvalue weighted by Crippen LogP contribution is 2.50. The van der Waals surface area contributed by atoms with Gasteiger partial charge in [0, 0.05) is 50.0 Å². The molecule has 4 heterocycles. The fourth-order valence-electron chi connectivity index (χ4n) is 3.86. The number of hydrogen-bond donors (Lipinski definition) is 2. The topological polar surface area (TPSA) is 77.1 Å². The SMILES string of the molecule is CN1CCN(c2nccc(-c3cc4c([nH]3)C3(CC3)CNC4=O)n2)CC1. The Kier molecular flexibility index (Phi) is 3.15. The van der Waals surface area contributed by atoms with Gasteiger partial charge >= 0.3 is 0 Å². The normalized spacial score (nSPS) is 22.0. The maximum atomic E-state index is 12.2. The van der Waals surface area contributed by atoms with Crippen molar-refractivity contribution < 1.29 is 4.79 Å². The van der Waals surface area contributed by atoms with Crippen molar-refractivity contribution in [1.82, 2.24) is 25.2 Å². The zero-order chi connectivity index (χ0) is 17.0. The Morgan fingerprint density at radius 1 is 1.20 bits per heavy atom. The van der Waals surface area contributed by atoms with Crippen molar-refractivity contribution in [3.8, 4) is 11.4 Å². The number of aromatic nitrogens is 3. The van der Waals surface area contributed by atoms with Crippen LogP contribution >= 0.6 is 0 Å². The van der Waals surface area contributed by atoms with Gasteiger partial charge in [-0.1, -0.05) is 0 Å². The molecule has 7 heteroatoms. The number of likely N-dealkylation sites (N-methyl/N-ethyl adjacent to an activating group) is 1. The quantitative estimate of drug-likeness (QED) is 0.854. The van der Waals surface area contributed by atoms with Gasteiger partial charge < -0.3 is 20.1 Å². The maximum Gasteiger partial charge on any atom is 0.253 e. The lowest BCUT2D eigenvalue weighted by Gasteiger charge is -2.32. The summed E-state index contributed by atoms with van der Waals surface area (Å²) in [5.74, 6) is 0.784. The van der Waals surface area contributed by atoms with E-state index in [9.17, 15) is 4.79 Å². The molecule has 0 aromatic carbocycles. The Morgan fingerprint density at radius 3 is 2.76 bits per heavy atom. The van der Waals surface area contributed by atoms with Crippen LogP contribution in [0.25, 0.3) is 11.4 Å². The van der Waals surface area contributed by atoms with Gasteiger partial charge in [0.15, 0.2) is 0 Å². The van der Waals surface area contributed by atoms with Gasteiger partial charge in [-0.15, -0.1) is 0 Å². The van der Waals surface area contributed by atoms with E-state index in [0.717, 1.165) is 74.2 Å². The lowest BCUT2D eigenvalue weighted by Crippen LogP contribution is -2.45. The molecule has 7 nitrogen and oxygen atoms in total. The predicted molar refractivity (Wildman–Crippen MR) is 94.8 cm³/mol. The summed E-state index contributed by atoms with van der Waals surface area (Å²) in [5.41, 5.74) is 3.76. The Labute approximate surface area is 146 Å². The van der Waals surface area contributed by atoms with Crippen LogP contribution < -0.4 is 10.2 Å². The molecule has 0 atom stereocenters. The van der Waals surface area contributed by atoms with Gasteiger partial charge in [-0.2, -0.15) is 0 Å². The number of nitrogens with zero attached hydrogens (tertiary/aromatic N) is 4. The average Bonchev–Trinajstić information content (AvgIpc) is 3.26. The zero-order valence-corrected chi connectivity index (χ0v) is 14.4. The van der Waals surface area contributed by atoms with Crippen molar-refractivity contribution in [2.45, 2.75) is 18.3 Å². The van der Waals surface area contributed by atoms with E-state index in [1.807, 2.05) is 18.3 Å². The third-order valence-electron chi connectivity index (χ3n) is 5.74. The molecule has 0 bridgehead atoms. The van der Waals surface area contributed by atoms with Gasteiger partial charge in [0.2, 0.25) is 5.95 Å². The van der Waals surface area contributed by atoms with Crippen LogP contribution in [0.4, 0.5) is 5.95 Å². The van der Waals surface area contributed by atoms with Crippen molar-refractivity contribution in [3.63, 3.8) is 0 Å². The minimum Gasteiger partial charge on any atom is -0.356 e. The van der Waals surface area contributed by atoms with Crippen LogP contribution in [-0.4, -0.2) is 65.5 Å². The van der Waals surface area contributed by atoms with E-state index < -0.39 is 0 Å². The van der Waals surface area contributed by atoms with E-state index >= 15 is 0 Å². The molecule has 2 aliphatic heterocycles. The van der Waals surface area contributed by atoms with Crippen LogP contribution in [0.3, 0.4) is 0 Å². The first-order chi connectivity index (χ1) is 12.1. The van der Waals surface area contributed by atoms with Crippen molar-refractivity contribution >= 4 is 11.9 Å². The second-order valence-electron chi connectivity index (χ2n) is 7.47. The molecule has 25 heavy (non-hydrogen) atoms. The van der Waals surface area contributed by atoms with Gasteiger partial charge in [0.05, 0.1) is 17.0 Å². The zero-order valence-electron chi connectivity index (χ0n) is 14.4. The number of amides is 1. The third-order valence-corrected chi connectivity index (χ3v) is 5.74. The molecule has 1 aliphatic carbocycles. The highest BCUT2D eigenvalue weighted by Gasteiger charge is 2.50. The van der Waals surface area contributed by atoms with E-state index in [-0.39, 0.29) is 11.3 Å². The summed E-state index contributed by atoms with van der Waals surface area (Å²) in [7, 11) is 2.14. The number of anilines is 1. The van der Waals surface area contributed by atoms with E-state index in [4.69, 9.17) is 4.98 Å². The number of piperazine rings is 1. The first-order valence-electron chi connectivity index (χ1n) is 8.93. The number of H-pyrrole nitrogens is 1. The molecule has 1 spiro atoms. The number of carbonyl (C=O) groups excluding carboxylic acids is 1. The summed E-state index contributed by atoms with van der Waals surface area (Å²) in [5, 5.41) is 3.02. The predicted octanol–water partition coefficient (Wildman–Crippen LogP) is 0.998. The summed E-state index contributed by atoms with van der Waals surface area (Å²) in [6, 6.07) is 3.86. The van der Waals surface area contributed by atoms with E-state index in [2.05, 4.69) is 32.1 Å². The van der Waals surface area contributed by atoms with E-state index in [0.29, 0.717) is 0 Å². The lowest BCUT2D eigenvalue weighted by molar-refractivity contribution is 0.0937. The van der Waals surface area contributed by atoms with Crippen molar-refractivity contribution in [1.29, 1.82) is 0 Å². The average molecular weight is 338 g/mol. The molecule has 2 aromatic heterocycles. The minimum absolute atomic E-state index is 0.0170. The monoisotopic (exact) mass is 338 g/mol. The molecular weight excluding hydrogens is 316 g/mol. The number of carbonyl (C=O) groups is 1. The largest absolute Gasteiger partial charge is 0.356 e. The van der Waals surface area contributed by atoms with Gasteiger partial charge in [0.1, 0.15) is 0 Å². The van der Waals surface area contributed by atoms with E-state index in [1.54, 1.807) is 0 Å². The van der Waals surface area contributed by atoms with Crippen molar-refractivity contribution in [3.05, 3.63) is 29.6 Å². The van der Waals surface area contributed by atoms with Gasteiger partial charge in [-0.05, 0) is 32.0 Å². The first-order valence-corrected chi connectivity index (χ1v) is 8.93. The second-order valence-corrected chi connectivity index (χ2v) is 7.47. The lowest BCUT2D eigenvalue weighted by atomic mass is 9.95. The fraction of sp³-hybridized carbons (Fsp3) is 0.500.